The van der Waals surface area contributed by atoms with Crippen LogP contribution >= 0.6 is 0 Å². The first-order valence-electron chi connectivity index (χ1n) is 11.4. The summed E-state index contributed by atoms with van der Waals surface area (Å²) < 4.78 is 3.26. The highest BCUT2D eigenvalue weighted by molar-refractivity contribution is 6.00. The molecule has 33 heavy (non-hydrogen) atoms. The topological polar surface area (TPSA) is 106 Å². The number of carbonyl (C=O) groups excluding carboxylic acids is 1. The number of anilines is 1. The molecule has 4 aromatic rings. The van der Waals surface area contributed by atoms with Crippen molar-refractivity contribution in [3.8, 4) is 0 Å². The van der Waals surface area contributed by atoms with Crippen LogP contribution in [0.2, 0.25) is 0 Å². The van der Waals surface area contributed by atoms with Crippen molar-refractivity contribution in [2.75, 3.05) is 5.73 Å². The molecule has 4 heterocycles. The zero-order chi connectivity index (χ0) is 22.9. The average Bonchev–Trinajstić information content (AvgIpc) is 2.83. The molecule has 1 aliphatic carbocycles. The number of amides is 1. The molecule has 5 rings (SSSR count). The third-order valence-corrected chi connectivity index (χ3v) is 6.42. The molecule has 1 aliphatic rings. The lowest BCUT2D eigenvalue weighted by Gasteiger charge is -2.23. The molecule has 0 atom stereocenters. The second kappa shape index (κ2) is 8.61. The molecule has 1 fully saturated rings. The van der Waals surface area contributed by atoms with Crippen molar-refractivity contribution in [2.45, 2.75) is 51.6 Å². The summed E-state index contributed by atoms with van der Waals surface area (Å²) in [6, 6.07) is 9.22. The third kappa shape index (κ3) is 3.92. The van der Waals surface area contributed by atoms with Crippen molar-refractivity contribution in [1.82, 2.24) is 19.7 Å². The van der Waals surface area contributed by atoms with Crippen molar-refractivity contribution in [3.63, 3.8) is 0 Å². The van der Waals surface area contributed by atoms with E-state index in [1.165, 1.54) is 10.8 Å². The summed E-state index contributed by atoms with van der Waals surface area (Å²) in [5.74, 6) is 0.0273. The van der Waals surface area contributed by atoms with Gasteiger partial charge in [-0.2, -0.15) is 0 Å². The van der Waals surface area contributed by atoms with Gasteiger partial charge < -0.3 is 11.1 Å². The fourth-order valence-electron chi connectivity index (χ4n) is 4.64. The summed E-state index contributed by atoms with van der Waals surface area (Å²) in [6.07, 6.45) is 10.5. The lowest BCUT2D eigenvalue weighted by Crippen LogP contribution is -2.44. The number of nitrogens with one attached hydrogen (secondary N) is 1. The molecule has 3 N–H and O–H groups in total. The number of hydrogen-bond acceptors (Lipinski definition) is 5. The van der Waals surface area contributed by atoms with Crippen LogP contribution in [-0.4, -0.2) is 26.3 Å². The maximum atomic E-state index is 13.4. The number of aryl methyl sites for hydroxylation is 1. The molecule has 0 radical (unpaired) electrons. The minimum absolute atomic E-state index is 0.131. The van der Waals surface area contributed by atoms with Crippen molar-refractivity contribution < 1.29 is 9.36 Å². The highest BCUT2D eigenvalue weighted by atomic mass is 16.2. The summed E-state index contributed by atoms with van der Waals surface area (Å²) in [7, 11) is 0. The average molecular weight is 444 g/mol. The first-order valence-corrected chi connectivity index (χ1v) is 11.4. The smallest absolute Gasteiger partial charge is 0.278 e. The molecule has 4 aromatic heterocycles. The Morgan fingerprint density at radius 3 is 2.82 bits per heavy atom. The molecule has 0 unspecified atom stereocenters. The number of nitrogens with two attached hydrogens (primary N) is 1. The molecular formula is C25H27N6O2+. The van der Waals surface area contributed by atoms with Crippen LogP contribution in [-0.2, 0) is 6.54 Å². The number of fused-ring (bicyclic) bond motifs is 2. The summed E-state index contributed by atoms with van der Waals surface area (Å²) in [4.78, 5) is 35.7. The zero-order valence-electron chi connectivity index (χ0n) is 18.6. The van der Waals surface area contributed by atoms with Crippen LogP contribution in [0.4, 0.5) is 5.82 Å². The molecule has 1 saturated carbocycles. The van der Waals surface area contributed by atoms with Crippen LogP contribution in [0, 0.1) is 6.92 Å². The van der Waals surface area contributed by atoms with Crippen molar-refractivity contribution >= 4 is 28.4 Å². The summed E-state index contributed by atoms with van der Waals surface area (Å²) >= 11 is 0. The molecule has 168 valence electrons. The molecule has 0 saturated heterocycles. The minimum atomic E-state index is -0.255. The minimum Gasteiger partial charge on any atom is -0.349 e. The highest BCUT2D eigenvalue weighted by Gasteiger charge is 2.26. The number of aromatic nitrogens is 4. The Balaban J connectivity index is 1.71. The summed E-state index contributed by atoms with van der Waals surface area (Å²) in [6.45, 7) is 2.25. The predicted octanol–water partition coefficient (Wildman–Crippen LogP) is 2.53. The zero-order valence-corrected chi connectivity index (χ0v) is 18.6. The summed E-state index contributed by atoms with van der Waals surface area (Å²) in [5.41, 5.74) is 9.42. The van der Waals surface area contributed by atoms with Crippen molar-refractivity contribution in [2.24, 2.45) is 0 Å². The van der Waals surface area contributed by atoms with Crippen LogP contribution < -0.4 is 21.2 Å². The fraction of sp³-hybridized carbons (Fsp3) is 0.320. The number of nitrogen functional groups attached to an aromatic ring is 1. The lowest BCUT2D eigenvalue weighted by molar-refractivity contribution is -0.649. The first kappa shape index (κ1) is 21.1. The Hall–Kier alpha value is -3.81. The Morgan fingerprint density at radius 2 is 2.06 bits per heavy atom. The van der Waals surface area contributed by atoms with E-state index in [1.54, 1.807) is 29.2 Å². The third-order valence-electron chi connectivity index (χ3n) is 6.42. The van der Waals surface area contributed by atoms with E-state index < -0.39 is 0 Å². The molecule has 8 heteroatoms. The number of rotatable bonds is 4. The Labute approximate surface area is 191 Å². The highest BCUT2D eigenvalue weighted by Crippen LogP contribution is 2.20. The molecule has 0 spiro atoms. The van der Waals surface area contributed by atoms with E-state index in [9.17, 15) is 9.59 Å². The maximum absolute atomic E-state index is 13.4. The Kier molecular flexibility index (Phi) is 5.50. The maximum Gasteiger partial charge on any atom is 0.278 e. The van der Waals surface area contributed by atoms with Gasteiger partial charge in [0.2, 0.25) is 11.5 Å². The van der Waals surface area contributed by atoms with Crippen LogP contribution in [0.3, 0.4) is 0 Å². The normalized spacial score (nSPS) is 14.6. The number of pyridine rings is 3. The molecule has 0 aromatic carbocycles. The van der Waals surface area contributed by atoms with Gasteiger partial charge in [0.15, 0.2) is 0 Å². The van der Waals surface area contributed by atoms with Gasteiger partial charge in [-0.05, 0) is 38.0 Å². The predicted molar refractivity (Wildman–Crippen MR) is 126 cm³/mol. The van der Waals surface area contributed by atoms with Gasteiger partial charge in [-0.15, -0.1) is 0 Å². The molecular weight excluding hydrogens is 416 g/mol. The first-order chi connectivity index (χ1) is 16.0. The molecule has 0 bridgehead atoms. The fourth-order valence-corrected chi connectivity index (χ4v) is 4.64. The lowest BCUT2D eigenvalue weighted by atomic mass is 9.95. The van der Waals surface area contributed by atoms with E-state index in [4.69, 9.17) is 10.7 Å². The number of nitrogens with zero attached hydrogens (tertiary/aromatic N) is 4. The van der Waals surface area contributed by atoms with E-state index in [2.05, 4.69) is 10.3 Å². The van der Waals surface area contributed by atoms with Gasteiger partial charge in [0, 0.05) is 35.8 Å². The number of carbonyl (C=O) groups is 1. The summed E-state index contributed by atoms with van der Waals surface area (Å²) in [5, 5.41) is 3.48. The second-order valence-corrected chi connectivity index (χ2v) is 8.74. The standard InChI is InChI=1S/C25H26N6O2/c1-16-7-6-12-30-22(16)29-23-20(25(30)33)13-19(24(32)28-18-9-3-2-4-10-18)21(26)31(23)15-17-8-5-11-27-14-17/h5-8,11-14,18,26H,2-4,9-10,15H2,1H3,(H,28,32)/p+1. The van der Waals surface area contributed by atoms with Crippen LogP contribution in [0.5, 0.6) is 0 Å². The second-order valence-electron chi connectivity index (χ2n) is 8.74. The van der Waals surface area contributed by atoms with Gasteiger partial charge in [0.05, 0.1) is 6.54 Å². The van der Waals surface area contributed by atoms with Crippen LogP contribution in [0.1, 0.15) is 53.6 Å². The van der Waals surface area contributed by atoms with Gasteiger partial charge in [-0.25, -0.2) is 4.57 Å². The number of hydrogen-bond donors (Lipinski definition) is 2. The Bertz CT molecular complexity index is 1410. The van der Waals surface area contributed by atoms with Gasteiger partial charge in [-0.3, -0.25) is 19.0 Å². The largest absolute Gasteiger partial charge is 0.349 e. The van der Waals surface area contributed by atoms with Gasteiger partial charge in [-0.1, -0.05) is 36.4 Å². The van der Waals surface area contributed by atoms with Crippen LogP contribution in [0.15, 0.2) is 53.7 Å². The quantitative estimate of drug-likeness (QED) is 0.372. The molecule has 1 amide bonds. The molecule has 8 nitrogen and oxygen atoms in total. The van der Waals surface area contributed by atoms with Gasteiger partial charge >= 0.3 is 0 Å². The monoisotopic (exact) mass is 443 g/mol. The van der Waals surface area contributed by atoms with Crippen LogP contribution in [0.25, 0.3) is 16.7 Å². The van der Waals surface area contributed by atoms with E-state index in [0.717, 1.165) is 36.8 Å². The Morgan fingerprint density at radius 1 is 1.24 bits per heavy atom. The van der Waals surface area contributed by atoms with Gasteiger partial charge in [0.25, 0.3) is 17.1 Å². The van der Waals surface area contributed by atoms with E-state index in [-0.39, 0.29) is 23.3 Å². The van der Waals surface area contributed by atoms with E-state index >= 15 is 0 Å². The van der Waals surface area contributed by atoms with Gasteiger partial charge in [0.1, 0.15) is 10.9 Å². The van der Waals surface area contributed by atoms with Crippen molar-refractivity contribution in [1.29, 1.82) is 0 Å². The molecule has 0 aliphatic heterocycles. The van der Waals surface area contributed by atoms with E-state index in [1.807, 2.05) is 31.2 Å². The van der Waals surface area contributed by atoms with Crippen molar-refractivity contribution in [3.05, 3.63) is 76.0 Å². The SMILES string of the molecule is Cc1cccn2c(=O)c3cc(C(=O)NC4CCCCC4)c(N)[n+](Cc4cccnc4)c3nc12. The van der Waals surface area contributed by atoms with E-state index in [0.29, 0.717) is 28.8 Å².